The van der Waals surface area contributed by atoms with Crippen molar-refractivity contribution < 1.29 is 32.3 Å². The quantitative estimate of drug-likeness (QED) is 0.590. The Morgan fingerprint density at radius 1 is 1.07 bits per heavy atom. The average molecular weight is 411 g/mol. The van der Waals surface area contributed by atoms with Gasteiger partial charge in [0.15, 0.2) is 17.5 Å². The Kier molecular flexibility index (Phi) is 5.90. The number of carbonyl (C=O) groups is 4. The number of carbonyl (C=O) groups excluding carboxylic acids is 4. The van der Waals surface area contributed by atoms with E-state index in [9.17, 15) is 32.3 Å². The normalized spacial score (nSPS) is 21.2. The van der Waals surface area contributed by atoms with Crippen LogP contribution in [0.15, 0.2) is 12.1 Å². The number of fused-ring (bicyclic) bond motifs is 1. The molecule has 1 aromatic carbocycles. The summed E-state index contributed by atoms with van der Waals surface area (Å²) in [5, 5.41) is 2.05. The molecule has 1 aliphatic heterocycles. The van der Waals surface area contributed by atoms with Crippen LogP contribution in [0.5, 0.6) is 0 Å². The number of nitrogens with one attached hydrogen (secondary N) is 1. The third kappa shape index (κ3) is 4.10. The highest BCUT2D eigenvalue weighted by Gasteiger charge is 2.48. The highest BCUT2D eigenvalue weighted by atomic mass is 19.2. The van der Waals surface area contributed by atoms with Crippen LogP contribution in [0.4, 0.5) is 18.9 Å². The number of anilines is 1. The lowest BCUT2D eigenvalue weighted by molar-refractivity contribution is -0.146. The number of hydrogen-bond acceptors (Lipinski definition) is 4. The van der Waals surface area contributed by atoms with E-state index in [2.05, 4.69) is 5.32 Å². The van der Waals surface area contributed by atoms with Gasteiger partial charge in [-0.3, -0.25) is 24.1 Å². The highest BCUT2D eigenvalue weighted by molar-refractivity contribution is 6.07. The van der Waals surface area contributed by atoms with Gasteiger partial charge in [0.25, 0.3) is 0 Å². The van der Waals surface area contributed by atoms with Gasteiger partial charge in [0.05, 0.1) is 24.1 Å². The van der Waals surface area contributed by atoms with Crippen LogP contribution in [0.25, 0.3) is 0 Å². The molecular formula is C19H20F3N3O4. The summed E-state index contributed by atoms with van der Waals surface area (Å²) >= 11 is 0. The zero-order chi connectivity index (χ0) is 21.3. The van der Waals surface area contributed by atoms with Gasteiger partial charge in [-0.2, -0.15) is 0 Å². The van der Waals surface area contributed by atoms with Crippen LogP contribution in [-0.2, 0) is 19.2 Å². The molecule has 1 aliphatic carbocycles. The Labute approximate surface area is 164 Å². The summed E-state index contributed by atoms with van der Waals surface area (Å²) in [6, 6.07) is 1.52. The Bertz CT molecular complexity index is 853. The van der Waals surface area contributed by atoms with Crippen molar-refractivity contribution in [2.75, 3.05) is 25.5 Å². The molecule has 2 atom stereocenters. The van der Waals surface area contributed by atoms with Gasteiger partial charge in [0.1, 0.15) is 6.54 Å². The molecule has 4 amide bonds. The minimum atomic E-state index is -1.72. The maximum absolute atomic E-state index is 13.6. The third-order valence-electron chi connectivity index (χ3n) is 5.34. The lowest BCUT2D eigenvalue weighted by Crippen LogP contribution is -2.44. The van der Waals surface area contributed by atoms with E-state index in [-0.39, 0.29) is 23.7 Å². The number of rotatable bonds is 5. The van der Waals surface area contributed by atoms with Gasteiger partial charge in [-0.1, -0.05) is 12.8 Å². The standard InChI is InChI=1S/C19H20F3N3O4/c1-24(8-14(26)23-13-7-6-12(20)16(21)17(13)22)15(27)9-25-18(28)10-4-2-3-5-11(10)19(25)29/h6-7,10-11H,2-5,8-9H2,1H3,(H,23,26)/t10-,11+. The molecule has 29 heavy (non-hydrogen) atoms. The zero-order valence-electron chi connectivity index (χ0n) is 15.7. The minimum Gasteiger partial charge on any atom is -0.335 e. The van der Waals surface area contributed by atoms with Crippen molar-refractivity contribution >= 4 is 29.3 Å². The SMILES string of the molecule is CN(CC(=O)Nc1ccc(F)c(F)c1F)C(=O)CN1C(=O)[C@H]2CCCC[C@H]2C1=O. The topological polar surface area (TPSA) is 86.8 Å². The molecule has 2 aliphatic rings. The van der Waals surface area contributed by atoms with Crippen molar-refractivity contribution in [3.63, 3.8) is 0 Å². The Balaban J connectivity index is 1.58. The van der Waals surface area contributed by atoms with Crippen LogP contribution in [-0.4, -0.2) is 53.6 Å². The molecule has 1 heterocycles. The Morgan fingerprint density at radius 2 is 1.66 bits per heavy atom. The first-order chi connectivity index (χ1) is 13.7. The summed E-state index contributed by atoms with van der Waals surface area (Å²) in [5.41, 5.74) is -0.566. The molecule has 1 saturated heterocycles. The van der Waals surface area contributed by atoms with Crippen LogP contribution < -0.4 is 5.32 Å². The number of imide groups is 1. The summed E-state index contributed by atoms with van der Waals surface area (Å²) < 4.78 is 39.8. The molecule has 2 fully saturated rings. The highest BCUT2D eigenvalue weighted by Crippen LogP contribution is 2.37. The van der Waals surface area contributed by atoms with E-state index in [0.29, 0.717) is 18.9 Å². The van der Waals surface area contributed by atoms with Crippen LogP contribution in [0.2, 0.25) is 0 Å². The van der Waals surface area contributed by atoms with Crippen LogP contribution in [0, 0.1) is 29.3 Å². The first kappa shape index (κ1) is 20.8. The van der Waals surface area contributed by atoms with Gasteiger partial charge >= 0.3 is 0 Å². The first-order valence-electron chi connectivity index (χ1n) is 9.23. The summed E-state index contributed by atoms with van der Waals surface area (Å²) in [4.78, 5) is 51.1. The zero-order valence-corrected chi connectivity index (χ0v) is 15.7. The van der Waals surface area contributed by atoms with E-state index in [1.165, 1.54) is 7.05 Å². The van der Waals surface area contributed by atoms with Gasteiger partial charge in [-0.15, -0.1) is 0 Å². The Hall–Kier alpha value is -2.91. The molecular weight excluding hydrogens is 391 g/mol. The average Bonchev–Trinajstić information content (AvgIpc) is 2.93. The van der Waals surface area contributed by atoms with Gasteiger partial charge in [0, 0.05) is 7.05 Å². The monoisotopic (exact) mass is 411 g/mol. The molecule has 0 spiro atoms. The van der Waals surface area contributed by atoms with Crippen molar-refractivity contribution in [2.24, 2.45) is 11.8 Å². The predicted molar refractivity (Wildman–Crippen MR) is 94.8 cm³/mol. The fraction of sp³-hybridized carbons (Fsp3) is 0.474. The third-order valence-corrected chi connectivity index (χ3v) is 5.34. The molecule has 10 heteroatoms. The number of likely N-dealkylation sites (tertiary alicyclic amines) is 1. The lowest BCUT2D eigenvalue weighted by Gasteiger charge is -2.20. The first-order valence-corrected chi connectivity index (χ1v) is 9.23. The second kappa shape index (κ2) is 8.22. The molecule has 1 N–H and O–H groups in total. The van der Waals surface area contributed by atoms with E-state index < -0.39 is 48.0 Å². The van der Waals surface area contributed by atoms with E-state index in [1.54, 1.807) is 0 Å². The van der Waals surface area contributed by atoms with E-state index in [1.807, 2.05) is 0 Å². The summed E-state index contributed by atoms with van der Waals surface area (Å²) in [7, 11) is 1.28. The van der Waals surface area contributed by atoms with E-state index in [4.69, 9.17) is 0 Å². The van der Waals surface area contributed by atoms with Gasteiger partial charge in [-0.05, 0) is 25.0 Å². The van der Waals surface area contributed by atoms with E-state index in [0.717, 1.165) is 28.7 Å². The second-order valence-corrected chi connectivity index (χ2v) is 7.28. The van der Waals surface area contributed by atoms with Gasteiger partial charge in [-0.25, -0.2) is 13.2 Å². The number of benzene rings is 1. The second-order valence-electron chi connectivity index (χ2n) is 7.28. The minimum absolute atomic E-state index is 0.366. The molecule has 3 rings (SSSR count). The molecule has 7 nitrogen and oxygen atoms in total. The smallest absolute Gasteiger partial charge is 0.244 e. The van der Waals surface area contributed by atoms with Crippen LogP contribution in [0.3, 0.4) is 0 Å². The van der Waals surface area contributed by atoms with Crippen molar-refractivity contribution in [3.8, 4) is 0 Å². The van der Waals surface area contributed by atoms with Crippen LogP contribution >= 0.6 is 0 Å². The molecule has 0 unspecified atom stereocenters. The predicted octanol–water partition coefficient (Wildman–Crippen LogP) is 1.68. The fourth-order valence-electron chi connectivity index (χ4n) is 3.76. The maximum atomic E-state index is 13.6. The lowest BCUT2D eigenvalue weighted by atomic mass is 9.81. The van der Waals surface area contributed by atoms with E-state index >= 15 is 0 Å². The number of nitrogens with zero attached hydrogens (tertiary/aromatic N) is 2. The van der Waals surface area contributed by atoms with Crippen molar-refractivity contribution in [1.29, 1.82) is 0 Å². The molecule has 0 bridgehead atoms. The van der Waals surface area contributed by atoms with Gasteiger partial charge < -0.3 is 10.2 Å². The van der Waals surface area contributed by atoms with Crippen molar-refractivity contribution in [1.82, 2.24) is 9.80 Å². The Morgan fingerprint density at radius 3 is 2.24 bits per heavy atom. The number of amides is 4. The summed E-state index contributed by atoms with van der Waals surface area (Å²) in [6.45, 7) is -1.01. The number of hydrogen-bond donors (Lipinski definition) is 1. The number of halogens is 3. The molecule has 0 radical (unpaired) electrons. The summed E-state index contributed by atoms with van der Waals surface area (Å²) in [5.74, 6) is -7.66. The maximum Gasteiger partial charge on any atom is 0.244 e. The number of likely N-dealkylation sites (N-methyl/N-ethyl adjacent to an activating group) is 1. The van der Waals surface area contributed by atoms with Crippen molar-refractivity contribution in [3.05, 3.63) is 29.6 Å². The van der Waals surface area contributed by atoms with Gasteiger partial charge in [0.2, 0.25) is 23.6 Å². The largest absolute Gasteiger partial charge is 0.335 e. The molecule has 0 aromatic heterocycles. The molecule has 1 saturated carbocycles. The van der Waals surface area contributed by atoms with Crippen molar-refractivity contribution in [2.45, 2.75) is 25.7 Å². The molecule has 156 valence electrons. The fourth-order valence-corrected chi connectivity index (χ4v) is 3.76. The van der Waals surface area contributed by atoms with Crippen LogP contribution in [0.1, 0.15) is 25.7 Å². The molecule has 1 aromatic rings. The summed E-state index contributed by atoms with van der Waals surface area (Å²) in [6.07, 6.45) is 2.97.